The molecule has 0 aromatic heterocycles. The Labute approximate surface area is 205 Å². The maximum atomic E-state index is 5.77. The van der Waals surface area contributed by atoms with Gasteiger partial charge in [0.05, 0.1) is 13.2 Å². The minimum Gasteiger partial charge on any atom is -0.381 e. The molecule has 0 radical (unpaired) electrons. The van der Waals surface area contributed by atoms with Crippen LogP contribution in [0, 0.1) is 5.92 Å². The fourth-order valence-corrected chi connectivity index (χ4v) is 4.16. The van der Waals surface area contributed by atoms with Gasteiger partial charge in [0.1, 0.15) is 0 Å². The summed E-state index contributed by atoms with van der Waals surface area (Å²) in [6.45, 7) is 8.49. The molecular formula is C24H41IN4O2. The van der Waals surface area contributed by atoms with Gasteiger partial charge >= 0.3 is 0 Å². The molecule has 2 fully saturated rings. The van der Waals surface area contributed by atoms with Crippen LogP contribution in [-0.4, -0.2) is 64.0 Å². The van der Waals surface area contributed by atoms with Crippen LogP contribution in [0.15, 0.2) is 29.3 Å². The van der Waals surface area contributed by atoms with Gasteiger partial charge in [-0.25, -0.2) is 0 Å². The lowest BCUT2D eigenvalue weighted by Crippen LogP contribution is -2.38. The van der Waals surface area contributed by atoms with Crippen LogP contribution in [0.1, 0.15) is 49.7 Å². The summed E-state index contributed by atoms with van der Waals surface area (Å²) < 4.78 is 11.2. The van der Waals surface area contributed by atoms with Crippen molar-refractivity contribution in [2.24, 2.45) is 10.9 Å². The third-order valence-corrected chi connectivity index (χ3v) is 6.02. The second-order valence-electron chi connectivity index (χ2n) is 8.47. The van der Waals surface area contributed by atoms with E-state index < -0.39 is 0 Å². The van der Waals surface area contributed by atoms with Gasteiger partial charge in [0.25, 0.3) is 0 Å². The van der Waals surface area contributed by atoms with Crippen LogP contribution in [0.2, 0.25) is 0 Å². The highest BCUT2D eigenvalue weighted by molar-refractivity contribution is 14.0. The Kier molecular flexibility index (Phi) is 13.5. The van der Waals surface area contributed by atoms with E-state index in [1.165, 1.54) is 49.9 Å². The zero-order chi connectivity index (χ0) is 20.9. The Morgan fingerprint density at radius 1 is 1.13 bits per heavy atom. The van der Waals surface area contributed by atoms with Gasteiger partial charge in [-0.1, -0.05) is 37.1 Å². The number of likely N-dealkylation sites (tertiary alicyclic amines) is 1. The van der Waals surface area contributed by atoms with Gasteiger partial charge in [0.2, 0.25) is 0 Å². The molecule has 0 spiro atoms. The molecule has 1 atom stereocenters. The molecule has 1 aromatic carbocycles. The number of halogens is 1. The van der Waals surface area contributed by atoms with E-state index in [4.69, 9.17) is 9.47 Å². The first-order valence-corrected chi connectivity index (χ1v) is 11.7. The molecule has 2 saturated heterocycles. The van der Waals surface area contributed by atoms with Gasteiger partial charge in [-0.3, -0.25) is 9.89 Å². The van der Waals surface area contributed by atoms with Crippen LogP contribution in [-0.2, 0) is 22.6 Å². The molecule has 176 valence electrons. The molecule has 2 aliphatic heterocycles. The number of rotatable bonds is 10. The number of hydrogen-bond acceptors (Lipinski definition) is 4. The van der Waals surface area contributed by atoms with Crippen LogP contribution in [0.4, 0.5) is 0 Å². The molecule has 0 saturated carbocycles. The van der Waals surface area contributed by atoms with E-state index in [2.05, 4.69) is 44.8 Å². The van der Waals surface area contributed by atoms with Gasteiger partial charge < -0.3 is 20.1 Å². The highest BCUT2D eigenvalue weighted by atomic mass is 127. The Hall–Kier alpha value is -0.900. The first-order valence-electron chi connectivity index (χ1n) is 11.7. The largest absolute Gasteiger partial charge is 0.381 e. The Bertz CT molecular complexity index is 630. The molecule has 6 nitrogen and oxygen atoms in total. The molecule has 2 N–H and O–H groups in total. The van der Waals surface area contributed by atoms with Crippen molar-refractivity contribution in [2.45, 2.75) is 51.6 Å². The number of aliphatic imine (C=N–C) groups is 1. The minimum absolute atomic E-state index is 0. The number of guanidine groups is 1. The van der Waals surface area contributed by atoms with Gasteiger partial charge in [0, 0.05) is 45.8 Å². The SMILES string of the molecule is CN=C(NCCCOCC1CCOC1)NCc1ccccc1CN1CCCCCC1.I. The van der Waals surface area contributed by atoms with Crippen molar-refractivity contribution < 1.29 is 9.47 Å². The van der Waals surface area contributed by atoms with Crippen molar-refractivity contribution in [1.29, 1.82) is 0 Å². The molecule has 1 unspecified atom stereocenters. The van der Waals surface area contributed by atoms with Crippen molar-refractivity contribution in [3.63, 3.8) is 0 Å². The Morgan fingerprint density at radius 2 is 1.90 bits per heavy atom. The summed E-state index contributed by atoms with van der Waals surface area (Å²) in [6, 6.07) is 8.78. The summed E-state index contributed by atoms with van der Waals surface area (Å²) >= 11 is 0. The van der Waals surface area contributed by atoms with E-state index in [9.17, 15) is 0 Å². The summed E-state index contributed by atoms with van der Waals surface area (Å²) in [5.41, 5.74) is 2.78. The van der Waals surface area contributed by atoms with Crippen molar-refractivity contribution >= 4 is 29.9 Å². The van der Waals surface area contributed by atoms with E-state index in [-0.39, 0.29) is 24.0 Å². The van der Waals surface area contributed by atoms with E-state index in [0.717, 1.165) is 64.9 Å². The zero-order valence-electron chi connectivity index (χ0n) is 19.1. The predicted molar refractivity (Wildman–Crippen MR) is 138 cm³/mol. The standard InChI is InChI=1S/C24H40N4O2.HI/c1-25-24(26-12-8-15-29-19-21-11-16-30-20-21)27-17-22-9-4-5-10-23(22)18-28-13-6-2-3-7-14-28;/h4-5,9-10,21H,2-3,6-8,11-20H2,1H3,(H2,25,26,27);1H. The third kappa shape index (κ3) is 10.1. The summed E-state index contributed by atoms with van der Waals surface area (Å²) in [7, 11) is 1.83. The molecule has 0 amide bonds. The maximum absolute atomic E-state index is 5.77. The predicted octanol–water partition coefficient (Wildman–Crippen LogP) is 3.79. The number of hydrogen-bond donors (Lipinski definition) is 2. The second kappa shape index (κ2) is 15.8. The van der Waals surface area contributed by atoms with E-state index >= 15 is 0 Å². The number of nitrogens with one attached hydrogen (secondary N) is 2. The first-order chi connectivity index (χ1) is 14.8. The van der Waals surface area contributed by atoms with E-state index in [0.29, 0.717) is 5.92 Å². The fraction of sp³-hybridized carbons (Fsp3) is 0.708. The molecule has 7 heteroatoms. The molecule has 3 rings (SSSR count). The summed E-state index contributed by atoms with van der Waals surface area (Å²) in [6.07, 6.45) is 7.52. The summed E-state index contributed by atoms with van der Waals surface area (Å²) in [5.74, 6) is 1.44. The van der Waals surface area contributed by atoms with Crippen LogP contribution < -0.4 is 10.6 Å². The molecule has 2 heterocycles. The van der Waals surface area contributed by atoms with Crippen molar-refractivity contribution in [3.8, 4) is 0 Å². The molecular weight excluding hydrogens is 503 g/mol. The lowest BCUT2D eigenvalue weighted by molar-refractivity contribution is 0.0888. The van der Waals surface area contributed by atoms with Crippen LogP contribution in [0.5, 0.6) is 0 Å². The molecule has 0 bridgehead atoms. The molecule has 1 aromatic rings. The average Bonchev–Trinajstić information content (AvgIpc) is 3.16. The van der Waals surface area contributed by atoms with Crippen LogP contribution in [0.3, 0.4) is 0 Å². The fourth-order valence-electron chi connectivity index (χ4n) is 4.16. The lowest BCUT2D eigenvalue weighted by atomic mass is 10.1. The van der Waals surface area contributed by atoms with Gasteiger partial charge in [-0.05, 0) is 49.9 Å². The summed E-state index contributed by atoms with van der Waals surface area (Å²) in [4.78, 5) is 6.98. The second-order valence-corrected chi connectivity index (χ2v) is 8.47. The van der Waals surface area contributed by atoms with Crippen LogP contribution >= 0.6 is 24.0 Å². The smallest absolute Gasteiger partial charge is 0.191 e. The highest BCUT2D eigenvalue weighted by Gasteiger charge is 2.15. The maximum Gasteiger partial charge on any atom is 0.191 e. The number of benzene rings is 1. The van der Waals surface area contributed by atoms with E-state index in [1.807, 2.05) is 7.05 Å². The Balaban J connectivity index is 0.00000341. The van der Waals surface area contributed by atoms with Gasteiger partial charge in [-0.2, -0.15) is 0 Å². The summed E-state index contributed by atoms with van der Waals surface area (Å²) in [5, 5.41) is 6.88. The quantitative estimate of drug-likeness (QED) is 0.203. The monoisotopic (exact) mass is 544 g/mol. The number of nitrogens with zero attached hydrogens (tertiary/aromatic N) is 2. The average molecular weight is 545 g/mol. The zero-order valence-corrected chi connectivity index (χ0v) is 21.4. The van der Waals surface area contributed by atoms with Crippen molar-refractivity contribution in [1.82, 2.24) is 15.5 Å². The van der Waals surface area contributed by atoms with E-state index in [1.54, 1.807) is 0 Å². The number of ether oxygens (including phenoxy) is 2. The molecule has 31 heavy (non-hydrogen) atoms. The van der Waals surface area contributed by atoms with Crippen molar-refractivity contribution in [2.75, 3.05) is 53.1 Å². The van der Waals surface area contributed by atoms with Crippen molar-refractivity contribution in [3.05, 3.63) is 35.4 Å². The van der Waals surface area contributed by atoms with Crippen LogP contribution in [0.25, 0.3) is 0 Å². The lowest BCUT2D eigenvalue weighted by Gasteiger charge is -2.22. The normalized spacial score (nSPS) is 20.2. The van der Waals surface area contributed by atoms with Gasteiger partial charge in [0.15, 0.2) is 5.96 Å². The van der Waals surface area contributed by atoms with Gasteiger partial charge in [-0.15, -0.1) is 24.0 Å². The minimum atomic E-state index is 0. The highest BCUT2D eigenvalue weighted by Crippen LogP contribution is 2.16. The topological polar surface area (TPSA) is 58.1 Å². The molecule has 0 aliphatic carbocycles. The third-order valence-electron chi connectivity index (χ3n) is 6.02. The molecule has 2 aliphatic rings. The first kappa shape index (κ1) is 26.4. The Morgan fingerprint density at radius 3 is 2.61 bits per heavy atom.